The van der Waals surface area contributed by atoms with E-state index < -0.39 is 11.9 Å². The van der Waals surface area contributed by atoms with E-state index in [1.807, 2.05) is 24.3 Å². The van der Waals surface area contributed by atoms with Gasteiger partial charge < -0.3 is 11.1 Å². The SMILES string of the molecule is NCc1ccc(CC(=O)NC2CCC(=O)NC2=O)cc1. The molecule has 1 saturated heterocycles. The van der Waals surface area contributed by atoms with Crippen LogP contribution in [0, 0.1) is 0 Å². The Morgan fingerprint density at radius 3 is 2.50 bits per heavy atom. The van der Waals surface area contributed by atoms with Gasteiger partial charge in [0, 0.05) is 13.0 Å². The van der Waals surface area contributed by atoms with Crippen molar-refractivity contribution in [2.75, 3.05) is 0 Å². The molecule has 2 rings (SSSR count). The monoisotopic (exact) mass is 275 g/mol. The topological polar surface area (TPSA) is 101 Å². The van der Waals surface area contributed by atoms with Crippen LogP contribution in [-0.4, -0.2) is 23.8 Å². The molecule has 20 heavy (non-hydrogen) atoms. The largest absolute Gasteiger partial charge is 0.344 e. The average Bonchev–Trinajstić information content (AvgIpc) is 2.43. The minimum Gasteiger partial charge on any atom is -0.344 e. The minimum absolute atomic E-state index is 0.197. The third kappa shape index (κ3) is 3.64. The molecule has 0 radical (unpaired) electrons. The maximum absolute atomic E-state index is 11.9. The van der Waals surface area contributed by atoms with Crippen LogP contribution in [0.5, 0.6) is 0 Å². The van der Waals surface area contributed by atoms with Crippen LogP contribution in [0.3, 0.4) is 0 Å². The van der Waals surface area contributed by atoms with Gasteiger partial charge in [0.15, 0.2) is 0 Å². The predicted octanol–water partition coefficient (Wildman–Crippen LogP) is -0.391. The van der Waals surface area contributed by atoms with E-state index in [9.17, 15) is 14.4 Å². The molecule has 0 aliphatic carbocycles. The Hall–Kier alpha value is -2.21. The number of benzene rings is 1. The lowest BCUT2D eigenvalue weighted by molar-refractivity contribution is -0.137. The van der Waals surface area contributed by atoms with E-state index in [0.29, 0.717) is 13.0 Å². The Morgan fingerprint density at radius 1 is 1.25 bits per heavy atom. The van der Waals surface area contributed by atoms with Crippen molar-refractivity contribution < 1.29 is 14.4 Å². The highest BCUT2D eigenvalue weighted by molar-refractivity contribution is 6.01. The second-order valence-electron chi connectivity index (χ2n) is 4.77. The van der Waals surface area contributed by atoms with Gasteiger partial charge in [-0.3, -0.25) is 19.7 Å². The van der Waals surface area contributed by atoms with Crippen LogP contribution >= 0.6 is 0 Å². The number of piperidine rings is 1. The normalized spacial score (nSPS) is 18.6. The molecule has 1 atom stereocenters. The molecule has 0 spiro atoms. The predicted molar refractivity (Wildman–Crippen MR) is 72.4 cm³/mol. The molecule has 3 amide bonds. The van der Waals surface area contributed by atoms with Crippen molar-refractivity contribution in [2.24, 2.45) is 5.73 Å². The molecule has 1 aliphatic heterocycles. The summed E-state index contributed by atoms with van der Waals surface area (Å²) in [5.41, 5.74) is 7.35. The van der Waals surface area contributed by atoms with Crippen molar-refractivity contribution in [1.82, 2.24) is 10.6 Å². The lowest BCUT2D eigenvalue weighted by Crippen LogP contribution is -2.52. The van der Waals surface area contributed by atoms with Crippen LogP contribution in [0.25, 0.3) is 0 Å². The molecule has 0 bridgehead atoms. The highest BCUT2D eigenvalue weighted by Gasteiger charge is 2.27. The van der Waals surface area contributed by atoms with Gasteiger partial charge >= 0.3 is 0 Å². The first-order chi connectivity index (χ1) is 9.58. The number of carbonyl (C=O) groups is 3. The zero-order chi connectivity index (χ0) is 14.5. The molecule has 1 aliphatic rings. The minimum atomic E-state index is -0.622. The van der Waals surface area contributed by atoms with Crippen LogP contribution in [0.4, 0.5) is 0 Å². The van der Waals surface area contributed by atoms with Gasteiger partial charge in [0.25, 0.3) is 0 Å². The first-order valence-corrected chi connectivity index (χ1v) is 6.49. The zero-order valence-corrected chi connectivity index (χ0v) is 11.0. The van der Waals surface area contributed by atoms with E-state index in [-0.39, 0.29) is 24.7 Å². The van der Waals surface area contributed by atoms with Crippen molar-refractivity contribution in [3.8, 4) is 0 Å². The fourth-order valence-corrected chi connectivity index (χ4v) is 2.06. The maximum atomic E-state index is 11.9. The van der Waals surface area contributed by atoms with Gasteiger partial charge in [0.05, 0.1) is 6.42 Å². The number of hydrogen-bond acceptors (Lipinski definition) is 4. The van der Waals surface area contributed by atoms with E-state index in [1.54, 1.807) is 0 Å². The van der Waals surface area contributed by atoms with E-state index in [0.717, 1.165) is 11.1 Å². The third-order valence-electron chi connectivity index (χ3n) is 3.20. The zero-order valence-electron chi connectivity index (χ0n) is 11.0. The lowest BCUT2D eigenvalue weighted by Gasteiger charge is -2.21. The Labute approximate surface area is 116 Å². The summed E-state index contributed by atoms with van der Waals surface area (Å²) in [7, 11) is 0. The van der Waals surface area contributed by atoms with Crippen LogP contribution in [0.2, 0.25) is 0 Å². The fourth-order valence-electron chi connectivity index (χ4n) is 2.06. The molecule has 1 heterocycles. The number of carbonyl (C=O) groups excluding carboxylic acids is 3. The number of rotatable bonds is 4. The molecule has 1 fully saturated rings. The molecule has 4 N–H and O–H groups in total. The van der Waals surface area contributed by atoms with Crippen molar-refractivity contribution in [3.05, 3.63) is 35.4 Å². The summed E-state index contributed by atoms with van der Waals surface area (Å²) >= 11 is 0. The molecule has 6 heteroatoms. The molecule has 6 nitrogen and oxygen atoms in total. The van der Waals surface area contributed by atoms with Crippen LogP contribution in [0.1, 0.15) is 24.0 Å². The fraction of sp³-hybridized carbons (Fsp3) is 0.357. The highest BCUT2D eigenvalue weighted by Crippen LogP contribution is 2.07. The molecule has 1 aromatic carbocycles. The summed E-state index contributed by atoms with van der Waals surface area (Å²) in [5, 5.41) is 4.85. The first-order valence-electron chi connectivity index (χ1n) is 6.49. The quantitative estimate of drug-likeness (QED) is 0.651. The van der Waals surface area contributed by atoms with E-state index in [2.05, 4.69) is 10.6 Å². The van der Waals surface area contributed by atoms with Gasteiger partial charge in [0.1, 0.15) is 6.04 Å². The number of hydrogen-bond donors (Lipinski definition) is 3. The van der Waals surface area contributed by atoms with Gasteiger partial charge in [-0.2, -0.15) is 0 Å². The van der Waals surface area contributed by atoms with Gasteiger partial charge in [0.2, 0.25) is 17.7 Å². The van der Waals surface area contributed by atoms with Crippen molar-refractivity contribution in [2.45, 2.75) is 31.8 Å². The lowest BCUT2D eigenvalue weighted by atomic mass is 10.0. The van der Waals surface area contributed by atoms with Crippen LogP contribution < -0.4 is 16.4 Å². The molecule has 1 unspecified atom stereocenters. The Morgan fingerprint density at radius 2 is 1.90 bits per heavy atom. The van der Waals surface area contributed by atoms with Gasteiger partial charge in [-0.25, -0.2) is 0 Å². The van der Waals surface area contributed by atoms with Gasteiger partial charge in [-0.05, 0) is 17.5 Å². The summed E-state index contributed by atoms with van der Waals surface area (Å²) < 4.78 is 0. The molecule has 1 aromatic rings. The highest BCUT2D eigenvalue weighted by atomic mass is 16.2. The summed E-state index contributed by atoms with van der Waals surface area (Å²) in [6, 6.07) is 6.80. The molecular formula is C14H17N3O3. The van der Waals surface area contributed by atoms with E-state index >= 15 is 0 Å². The van der Waals surface area contributed by atoms with Crippen LogP contribution in [-0.2, 0) is 27.3 Å². The summed E-state index contributed by atoms with van der Waals surface area (Å²) in [6.07, 6.45) is 0.799. The van der Waals surface area contributed by atoms with Crippen LogP contribution in [0.15, 0.2) is 24.3 Å². The smallest absolute Gasteiger partial charge is 0.249 e. The Balaban J connectivity index is 1.88. The van der Waals surface area contributed by atoms with Crippen molar-refractivity contribution in [1.29, 1.82) is 0 Å². The van der Waals surface area contributed by atoms with Crippen molar-refractivity contribution in [3.63, 3.8) is 0 Å². The van der Waals surface area contributed by atoms with E-state index in [1.165, 1.54) is 0 Å². The van der Waals surface area contributed by atoms with E-state index in [4.69, 9.17) is 5.73 Å². The number of imide groups is 1. The summed E-state index contributed by atoms with van der Waals surface area (Å²) in [5.74, 6) is -0.967. The molecule has 0 aromatic heterocycles. The first kappa shape index (κ1) is 14.2. The summed E-state index contributed by atoms with van der Waals surface area (Å²) in [4.78, 5) is 34.4. The second kappa shape index (κ2) is 6.29. The third-order valence-corrected chi connectivity index (χ3v) is 3.20. The second-order valence-corrected chi connectivity index (χ2v) is 4.77. The Bertz CT molecular complexity index is 525. The standard InChI is InChI=1S/C14H17N3O3/c15-8-10-3-1-9(2-4-10)7-13(19)16-11-5-6-12(18)17-14(11)20/h1-4,11H,5-8,15H2,(H,16,19)(H,17,18,20). The van der Waals surface area contributed by atoms with Gasteiger partial charge in [-0.1, -0.05) is 24.3 Å². The maximum Gasteiger partial charge on any atom is 0.249 e. The van der Waals surface area contributed by atoms with Crippen molar-refractivity contribution >= 4 is 17.7 Å². The molecule has 106 valence electrons. The number of amides is 3. The molecular weight excluding hydrogens is 258 g/mol. The molecule has 0 saturated carbocycles. The van der Waals surface area contributed by atoms with Gasteiger partial charge in [-0.15, -0.1) is 0 Å². The number of nitrogens with two attached hydrogens (primary N) is 1. The number of nitrogens with one attached hydrogen (secondary N) is 2. The summed E-state index contributed by atoms with van der Waals surface area (Å²) in [6.45, 7) is 0.461. The average molecular weight is 275 g/mol. The Kier molecular flexibility index (Phi) is 4.47.